The zero-order valence-electron chi connectivity index (χ0n) is 57.8. The Morgan fingerprint density at radius 2 is 0.600 bits per heavy atom. The molecule has 504 valence electrons. The summed E-state index contributed by atoms with van der Waals surface area (Å²) in [6.07, 6.45) is 80.5. The Kier molecular flexibility index (Phi) is 66.4. The second kappa shape index (κ2) is 68.0. The third kappa shape index (κ3) is 69.4. The van der Waals surface area contributed by atoms with Crippen LogP contribution in [-0.2, 0) is 33.3 Å². The van der Waals surface area contributed by atoms with Gasteiger partial charge in [-0.2, -0.15) is 0 Å². The molecular formula is C76H147NO8. The highest BCUT2D eigenvalue weighted by Gasteiger charge is 2.22. The fraction of sp³-hybridized carbons (Fsp3) is 0.934. The van der Waals surface area contributed by atoms with E-state index in [1.54, 1.807) is 0 Å². The molecule has 0 N–H and O–H groups in total. The standard InChI is InChI=1S/C76H147NO8/c1-6-8-10-12-14-16-18-20-22-24-26-27-28-29-30-31-32-33-34-35-36-37-38-39-40-41-42-43-44-45-46-47-49-51-53-55-57-59-61-63-65-67-74(79)85-72(71-84-76(75(80)81)82-69-68-77(3,4)5)70-83-73(78)66-64-62-60-58-56-54-52-50-48-25-23-21-19-17-15-13-11-9-7-2/h24,26,72,76H,6-23,25,27-71H2,1-5H3/b26-24-. The van der Waals surface area contributed by atoms with Gasteiger partial charge >= 0.3 is 11.9 Å². The Bertz CT molecular complexity index is 1400. The van der Waals surface area contributed by atoms with Crippen LogP contribution in [0.5, 0.6) is 0 Å². The summed E-state index contributed by atoms with van der Waals surface area (Å²) < 4.78 is 22.8. The summed E-state index contributed by atoms with van der Waals surface area (Å²) >= 11 is 0. The normalized spacial score (nSPS) is 12.6. The monoisotopic (exact) mass is 1200 g/mol. The predicted octanol–water partition coefficient (Wildman–Crippen LogP) is 22.3. The van der Waals surface area contributed by atoms with Crippen molar-refractivity contribution in [3.63, 3.8) is 0 Å². The van der Waals surface area contributed by atoms with Crippen molar-refractivity contribution in [1.29, 1.82) is 0 Å². The van der Waals surface area contributed by atoms with Crippen molar-refractivity contribution >= 4 is 17.9 Å². The number of quaternary nitrogens is 1. The molecule has 0 heterocycles. The van der Waals surface area contributed by atoms with Crippen molar-refractivity contribution in [2.75, 3.05) is 47.5 Å². The SMILES string of the molecule is CCCCCCCCCC/C=C\CCCCCCCCCCCCCCCCCCCCCCCCCCCCCCCC(=O)OC(COC(=O)CCCCCCCCCCCCCCCCCCCCC)COC(OCC[N+](C)(C)C)C(=O)[O-]. The number of ether oxygens (including phenoxy) is 4. The van der Waals surface area contributed by atoms with Gasteiger partial charge in [0, 0.05) is 12.8 Å². The minimum Gasteiger partial charge on any atom is -0.545 e. The van der Waals surface area contributed by atoms with E-state index in [-0.39, 0.29) is 32.2 Å². The average Bonchev–Trinajstić information content (AvgIpc) is 3.49. The summed E-state index contributed by atoms with van der Waals surface area (Å²) in [6, 6.07) is 0. The first-order valence-corrected chi connectivity index (χ1v) is 37.8. The Morgan fingerprint density at radius 3 is 0.871 bits per heavy atom. The molecule has 0 bridgehead atoms. The molecule has 0 aliphatic carbocycles. The van der Waals surface area contributed by atoms with Crippen LogP contribution in [0.2, 0.25) is 0 Å². The smallest absolute Gasteiger partial charge is 0.306 e. The highest BCUT2D eigenvalue weighted by molar-refractivity contribution is 5.70. The molecular weight excluding hydrogens is 1050 g/mol. The van der Waals surface area contributed by atoms with Gasteiger partial charge < -0.3 is 33.3 Å². The van der Waals surface area contributed by atoms with Crippen molar-refractivity contribution in [3.05, 3.63) is 12.2 Å². The molecule has 0 saturated carbocycles. The van der Waals surface area contributed by atoms with E-state index in [2.05, 4.69) is 26.0 Å². The number of carbonyl (C=O) groups excluding carboxylic acids is 3. The summed E-state index contributed by atoms with van der Waals surface area (Å²) in [5.41, 5.74) is 0. The lowest BCUT2D eigenvalue weighted by molar-refractivity contribution is -0.870. The van der Waals surface area contributed by atoms with Crippen molar-refractivity contribution in [1.82, 2.24) is 0 Å². The third-order valence-corrected chi connectivity index (χ3v) is 17.5. The average molecular weight is 1200 g/mol. The fourth-order valence-corrected chi connectivity index (χ4v) is 11.7. The van der Waals surface area contributed by atoms with Crippen LogP contribution in [0.25, 0.3) is 0 Å². The second-order valence-electron chi connectivity index (χ2n) is 27.3. The molecule has 0 aliphatic rings. The number of allylic oxidation sites excluding steroid dienone is 2. The quantitative estimate of drug-likeness (QED) is 0.0195. The van der Waals surface area contributed by atoms with E-state index in [0.29, 0.717) is 17.4 Å². The zero-order valence-corrected chi connectivity index (χ0v) is 57.8. The number of carboxylic acid groups (broad SMARTS) is 1. The van der Waals surface area contributed by atoms with Crippen LogP contribution < -0.4 is 5.11 Å². The number of aliphatic carboxylic acids is 1. The first-order valence-electron chi connectivity index (χ1n) is 37.8. The first-order chi connectivity index (χ1) is 41.6. The molecule has 0 spiro atoms. The molecule has 0 radical (unpaired) electrons. The van der Waals surface area contributed by atoms with Crippen LogP contribution in [-0.4, -0.2) is 82.3 Å². The fourth-order valence-electron chi connectivity index (χ4n) is 11.7. The van der Waals surface area contributed by atoms with E-state index >= 15 is 0 Å². The largest absolute Gasteiger partial charge is 0.545 e. The predicted molar refractivity (Wildman–Crippen MR) is 362 cm³/mol. The van der Waals surface area contributed by atoms with Crippen LogP contribution in [0.4, 0.5) is 0 Å². The Balaban J connectivity index is 3.89. The number of esters is 2. The van der Waals surface area contributed by atoms with E-state index in [0.717, 1.165) is 38.5 Å². The van der Waals surface area contributed by atoms with Crippen molar-refractivity contribution in [3.8, 4) is 0 Å². The van der Waals surface area contributed by atoms with Gasteiger partial charge in [0.05, 0.1) is 40.3 Å². The van der Waals surface area contributed by atoms with Crippen LogP contribution in [0, 0.1) is 0 Å². The zero-order chi connectivity index (χ0) is 61.9. The molecule has 2 atom stereocenters. The van der Waals surface area contributed by atoms with Crippen molar-refractivity contribution in [2.45, 2.75) is 411 Å². The number of nitrogens with zero attached hydrogens (tertiary/aromatic N) is 1. The second-order valence-corrected chi connectivity index (χ2v) is 27.3. The lowest BCUT2D eigenvalue weighted by Crippen LogP contribution is -2.44. The minimum absolute atomic E-state index is 0.153. The van der Waals surface area contributed by atoms with Gasteiger partial charge in [-0.3, -0.25) is 9.59 Å². The molecule has 0 aromatic heterocycles. The van der Waals surface area contributed by atoms with Gasteiger partial charge in [0.2, 0.25) is 0 Å². The minimum atomic E-state index is -1.62. The molecule has 0 fully saturated rings. The summed E-state index contributed by atoms with van der Waals surface area (Å²) in [6.45, 7) is 4.83. The van der Waals surface area contributed by atoms with Gasteiger partial charge in [0.15, 0.2) is 12.4 Å². The molecule has 0 amide bonds. The number of hydrogen-bond donors (Lipinski definition) is 0. The van der Waals surface area contributed by atoms with Crippen LogP contribution in [0.15, 0.2) is 12.2 Å². The maximum atomic E-state index is 12.9. The van der Waals surface area contributed by atoms with Crippen LogP contribution in [0.1, 0.15) is 399 Å². The summed E-state index contributed by atoms with van der Waals surface area (Å²) in [7, 11) is 5.95. The van der Waals surface area contributed by atoms with E-state index in [1.807, 2.05) is 21.1 Å². The summed E-state index contributed by atoms with van der Waals surface area (Å²) in [5.74, 6) is -2.25. The Hall–Kier alpha value is -1.97. The topological polar surface area (TPSA) is 111 Å². The van der Waals surface area contributed by atoms with Crippen molar-refractivity contribution < 1.29 is 42.9 Å². The van der Waals surface area contributed by atoms with Gasteiger partial charge in [0.1, 0.15) is 13.2 Å². The van der Waals surface area contributed by atoms with E-state index in [9.17, 15) is 19.5 Å². The van der Waals surface area contributed by atoms with E-state index in [4.69, 9.17) is 18.9 Å². The van der Waals surface area contributed by atoms with E-state index < -0.39 is 24.3 Å². The molecule has 0 aliphatic heterocycles. The molecule has 2 unspecified atom stereocenters. The molecule has 9 nitrogen and oxygen atoms in total. The molecule has 0 aromatic rings. The maximum absolute atomic E-state index is 12.9. The van der Waals surface area contributed by atoms with Gasteiger partial charge in [-0.05, 0) is 38.5 Å². The molecule has 0 rings (SSSR count). The Labute approximate surface area is 529 Å². The first kappa shape index (κ1) is 83.0. The van der Waals surface area contributed by atoms with Gasteiger partial charge in [-0.25, -0.2) is 0 Å². The summed E-state index contributed by atoms with van der Waals surface area (Å²) in [5, 5.41) is 11.8. The number of carbonyl (C=O) groups is 3. The number of likely N-dealkylation sites (N-methyl/N-ethyl adjacent to an activating group) is 1. The third-order valence-electron chi connectivity index (χ3n) is 17.5. The van der Waals surface area contributed by atoms with Gasteiger partial charge in [-0.1, -0.05) is 360 Å². The molecule has 85 heavy (non-hydrogen) atoms. The van der Waals surface area contributed by atoms with Crippen molar-refractivity contribution in [2.24, 2.45) is 0 Å². The molecule has 0 saturated heterocycles. The molecule has 9 heteroatoms. The highest BCUT2D eigenvalue weighted by atomic mass is 16.7. The lowest BCUT2D eigenvalue weighted by atomic mass is 10.0. The van der Waals surface area contributed by atoms with Gasteiger partial charge in [0.25, 0.3) is 0 Å². The summed E-state index contributed by atoms with van der Waals surface area (Å²) in [4.78, 5) is 37.5. The molecule has 0 aromatic carbocycles. The number of unbranched alkanes of at least 4 members (excludes halogenated alkanes) is 55. The lowest BCUT2D eigenvalue weighted by Gasteiger charge is -2.26. The van der Waals surface area contributed by atoms with Gasteiger partial charge in [-0.15, -0.1) is 0 Å². The van der Waals surface area contributed by atoms with Crippen LogP contribution in [0.3, 0.4) is 0 Å². The number of hydrogen-bond acceptors (Lipinski definition) is 8. The maximum Gasteiger partial charge on any atom is 0.306 e. The Morgan fingerprint density at radius 1 is 0.341 bits per heavy atom. The van der Waals surface area contributed by atoms with E-state index in [1.165, 1.54) is 334 Å². The number of rotatable bonds is 72. The highest BCUT2D eigenvalue weighted by Crippen LogP contribution is 2.20. The number of carboxylic acids is 1. The van der Waals surface area contributed by atoms with Crippen LogP contribution >= 0.6 is 0 Å².